The van der Waals surface area contributed by atoms with E-state index in [9.17, 15) is 0 Å². The molecule has 0 aliphatic heterocycles. The van der Waals surface area contributed by atoms with Crippen LogP contribution in [0.2, 0.25) is 0 Å². The average Bonchev–Trinajstić information content (AvgIpc) is 3.11. The van der Waals surface area contributed by atoms with E-state index in [0.29, 0.717) is 17.5 Å². The number of hydrogen-bond donors (Lipinski definition) is 0. The fourth-order valence-corrected chi connectivity index (χ4v) is 6.46. The monoisotopic (exact) mass is 559 g/mol. The first-order valence-corrected chi connectivity index (χ1v) is 14.9. The largest absolute Gasteiger partial charge is 0.208 e. The maximum atomic E-state index is 5.07. The number of nitrogens with zero attached hydrogens (tertiary/aromatic N) is 3. The summed E-state index contributed by atoms with van der Waals surface area (Å²) < 4.78 is 0. The molecule has 0 saturated carbocycles. The summed E-state index contributed by atoms with van der Waals surface area (Å²) in [7, 11) is 0. The molecule has 0 bridgehead atoms. The van der Waals surface area contributed by atoms with Crippen molar-refractivity contribution in [3.63, 3.8) is 0 Å². The Morgan fingerprint density at radius 2 is 0.682 bits per heavy atom. The van der Waals surface area contributed by atoms with Gasteiger partial charge in [-0.05, 0) is 66.0 Å². The molecule has 0 amide bonds. The highest BCUT2D eigenvalue weighted by atomic mass is 15.0. The minimum Gasteiger partial charge on any atom is -0.208 e. The van der Waals surface area contributed by atoms with Crippen molar-refractivity contribution in [3.05, 3.63) is 152 Å². The Morgan fingerprint density at radius 1 is 0.250 bits per heavy atom. The van der Waals surface area contributed by atoms with E-state index in [-0.39, 0.29) is 0 Å². The van der Waals surface area contributed by atoms with E-state index in [1.807, 2.05) is 30.3 Å². The van der Waals surface area contributed by atoms with E-state index in [2.05, 4.69) is 121 Å². The summed E-state index contributed by atoms with van der Waals surface area (Å²) in [4.78, 5) is 15.1. The zero-order valence-electron chi connectivity index (χ0n) is 23.8. The van der Waals surface area contributed by atoms with Crippen LogP contribution in [0, 0.1) is 0 Å². The molecule has 8 aromatic carbocycles. The van der Waals surface area contributed by atoms with Crippen molar-refractivity contribution in [2.75, 3.05) is 0 Å². The molecule has 0 unspecified atom stereocenters. The molecule has 9 aromatic rings. The topological polar surface area (TPSA) is 38.7 Å². The van der Waals surface area contributed by atoms with Crippen LogP contribution in [0.3, 0.4) is 0 Å². The minimum atomic E-state index is 0.660. The molecule has 0 radical (unpaired) electrons. The minimum absolute atomic E-state index is 0.660. The van der Waals surface area contributed by atoms with Crippen LogP contribution < -0.4 is 0 Å². The predicted molar refractivity (Wildman–Crippen MR) is 184 cm³/mol. The molecule has 0 saturated heterocycles. The molecule has 204 valence electrons. The van der Waals surface area contributed by atoms with Crippen LogP contribution in [-0.2, 0) is 0 Å². The van der Waals surface area contributed by atoms with Crippen molar-refractivity contribution in [1.29, 1.82) is 0 Å². The molecule has 44 heavy (non-hydrogen) atoms. The molecule has 1 heterocycles. The third kappa shape index (κ3) is 4.02. The Hall–Kier alpha value is -5.93. The van der Waals surface area contributed by atoms with Gasteiger partial charge in [0, 0.05) is 16.7 Å². The van der Waals surface area contributed by atoms with Gasteiger partial charge in [-0.2, -0.15) is 0 Å². The molecule has 0 aliphatic carbocycles. The van der Waals surface area contributed by atoms with Crippen molar-refractivity contribution >= 4 is 53.9 Å². The van der Waals surface area contributed by atoms with Crippen molar-refractivity contribution < 1.29 is 0 Å². The van der Waals surface area contributed by atoms with Crippen molar-refractivity contribution in [3.8, 4) is 34.2 Å². The summed E-state index contributed by atoms with van der Waals surface area (Å²) in [6.45, 7) is 0. The van der Waals surface area contributed by atoms with E-state index in [4.69, 9.17) is 15.0 Å². The van der Waals surface area contributed by atoms with Crippen LogP contribution in [0.15, 0.2) is 152 Å². The third-order valence-corrected chi connectivity index (χ3v) is 8.67. The highest BCUT2D eigenvalue weighted by Gasteiger charge is 2.14. The Bertz CT molecular complexity index is 2550. The van der Waals surface area contributed by atoms with Crippen LogP contribution in [0.1, 0.15) is 0 Å². The van der Waals surface area contributed by atoms with E-state index in [1.165, 1.54) is 48.5 Å². The van der Waals surface area contributed by atoms with E-state index in [0.717, 1.165) is 22.1 Å². The predicted octanol–water partition coefficient (Wildman–Crippen LogP) is 10.6. The smallest absolute Gasteiger partial charge is 0.164 e. The highest BCUT2D eigenvalue weighted by molar-refractivity contribution is 6.17. The number of fused-ring (bicyclic) bond motifs is 8. The van der Waals surface area contributed by atoms with Gasteiger partial charge in [-0.25, -0.2) is 15.0 Å². The maximum Gasteiger partial charge on any atom is 0.164 e. The van der Waals surface area contributed by atoms with Gasteiger partial charge in [0.1, 0.15) is 0 Å². The molecule has 9 rings (SSSR count). The second-order valence-electron chi connectivity index (χ2n) is 11.3. The average molecular weight is 560 g/mol. The van der Waals surface area contributed by atoms with Gasteiger partial charge >= 0.3 is 0 Å². The van der Waals surface area contributed by atoms with Crippen LogP contribution >= 0.6 is 0 Å². The lowest BCUT2D eigenvalue weighted by molar-refractivity contribution is 1.08. The summed E-state index contributed by atoms with van der Waals surface area (Å²) in [5.41, 5.74) is 2.89. The van der Waals surface area contributed by atoms with Gasteiger partial charge in [0.15, 0.2) is 17.5 Å². The Kier molecular flexibility index (Phi) is 5.50. The van der Waals surface area contributed by atoms with Gasteiger partial charge in [-0.15, -0.1) is 0 Å². The summed E-state index contributed by atoms with van der Waals surface area (Å²) >= 11 is 0. The summed E-state index contributed by atoms with van der Waals surface area (Å²) in [5.74, 6) is 1.98. The quantitative estimate of drug-likeness (QED) is 0.202. The van der Waals surface area contributed by atoms with E-state index in [1.54, 1.807) is 0 Å². The van der Waals surface area contributed by atoms with Gasteiger partial charge in [-0.1, -0.05) is 140 Å². The Balaban J connectivity index is 1.24. The van der Waals surface area contributed by atoms with Crippen molar-refractivity contribution in [1.82, 2.24) is 15.0 Å². The first-order chi connectivity index (χ1) is 21.8. The van der Waals surface area contributed by atoms with Gasteiger partial charge in [0.05, 0.1) is 0 Å². The molecule has 0 aliphatic rings. The number of rotatable bonds is 3. The van der Waals surface area contributed by atoms with Crippen LogP contribution in [-0.4, -0.2) is 15.0 Å². The summed E-state index contributed by atoms with van der Waals surface area (Å²) in [6, 6.07) is 53.5. The Labute approximate surface area is 254 Å². The SMILES string of the molecule is c1ccc(-c2nc(-c3ccc4c(ccc5c6ccccc6ccc45)c3)nc(-c3ccc4ccc5ccccc5c4c3)n2)cc1. The van der Waals surface area contributed by atoms with Crippen LogP contribution in [0.4, 0.5) is 0 Å². The molecule has 3 nitrogen and oxygen atoms in total. The lowest BCUT2D eigenvalue weighted by Crippen LogP contribution is -2.00. The van der Waals surface area contributed by atoms with Gasteiger partial charge < -0.3 is 0 Å². The zero-order chi connectivity index (χ0) is 29.0. The zero-order valence-corrected chi connectivity index (χ0v) is 23.8. The summed E-state index contributed by atoms with van der Waals surface area (Å²) in [5, 5.41) is 12.2. The standard InChI is InChI=1S/C41H25N3/c1-2-10-29(11-3-1)39-42-40(44-41(43-39)32-17-16-28-15-14-26-8-5-7-13-34(26)38(28)25-32)31-20-21-35-30(24-31)19-23-36-33-12-6-4-9-27(33)18-22-37(35)36/h1-25H. The van der Waals surface area contributed by atoms with Crippen LogP contribution in [0.5, 0.6) is 0 Å². The molecule has 1 aromatic heterocycles. The Morgan fingerprint density at radius 3 is 1.39 bits per heavy atom. The normalized spacial score (nSPS) is 11.6. The fraction of sp³-hybridized carbons (Fsp3) is 0. The van der Waals surface area contributed by atoms with Gasteiger partial charge in [0.2, 0.25) is 0 Å². The molecule has 0 N–H and O–H groups in total. The maximum absolute atomic E-state index is 5.07. The lowest BCUT2D eigenvalue weighted by Gasteiger charge is -2.11. The van der Waals surface area contributed by atoms with Crippen LogP contribution in [0.25, 0.3) is 88.0 Å². The van der Waals surface area contributed by atoms with Crippen molar-refractivity contribution in [2.24, 2.45) is 0 Å². The van der Waals surface area contributed by atoms with E-state index >= 15 is 0 Å². The molecule has 0 fully saturated rings. The van der Waals surface area contributed by atoms with Crippen molar-refractivity contribution in [2.45, 2.75) is 0 Å². The first kappa shape index (κ1) is 24.6. The number of aromatic nitrogens is 3. The van der Waals surface area contributed by atoms with Gasteiger partial charge in [0.25, 0.3) is 0 Å². The molecule has 0 atom stereocenters. The van der Waals surface area contributed by atoms with Gasteiger partial charge in [-0.3, -0.25) is 0 Å². The van der Waals surface area contributed by atoms with E-state index < -0.39 is 0 Å². The fourth-order valence-electron chi connectivity index (χ4n) is 6.46. The molecular formula is C41H25N3. The number of hydrogen-bond acceptors (Lipinski definition) is 3. The third-order valence-electron chi connectivity index (χ3n) is 8.67. The molecule has 3 heteroatoms. The number of benzene rings is 8. The highest BCUT2D eigenvalue weighted by Crippen LogP contribution is 2.34. The molecule has 0 spiro atoms. The second-order valence-corrected chi connectivity index (χ2v) is 11.3. The second kappa shape index (κ2) is 9.82. The molecular weight excluding hydrogens is 534 g/mol. The lowest BCUT2D eigenvalue weighted by atomic mass is 9.96. The summed E-state index contributed by atoms with van der Waals surface area (Å²) in [6.07, 6.45) is 0. The first-order valence-electron chi connectivity index (χ1n) is 14.9.